The van der Waals surface area contributed by atoms with Crippen molar-refractivity contribution >= 4 is 0 Å². The number of hydrogen-bond donors (Lipinski definition) is 0. The number of benzene rings is 1. The van der Waals surface area contributed by atoms with E-state index in [4.69, 9.17) is 0 Å². The van der Waals surface area contributed by atoms with Crippen molar-refractivity contribution in [3.8, 4) is 0 Å². The molecule has 0 saturated heterocycles. The summed E-state index contributed by atoms with van der Waals surface area (Å²) in [6.45, 7) is 9.66. The molecule has 17 heavy (non-hydrogen) atoms. The maximum atomic E-state index is 2.50. The summed E-state index contributed by atoms with van der Waals surface area (Å²) < 4.78 is 0. The van der Waals surface area contributed by atoms with Gasteiger partial charge in [0.25, 0.3) is 0 Å². The number of hydrogen-bond acceptors (Lipinski definition) is 0. The Morgan fingerprint density at radius 3 is 2.29 bits per heavy atom. The van der Waals surface area contributed by atoms with Crippen LogP contribution in [0.3, 0.4) is 0 Å². The summed E-state index contributed by atoms with van der Waals surface area (Å²) in [6.07, 6.45) is 6.88. The summed E-state index contributed by atoms with van der Waals surface area (Å²) in [6, 6.07) is 8.86. The van der Waals surface area contributed by atoms with E-state index < -0.39 is 0 Å². The minimum Gasteiger partial charge on any atom is -0.0620 e. The molecule has 0 unspecified atom stereocenters. The topological polar surface area (TPSA) is 0 Å². The highest BCUT2D eigenvalue weighted by Crippen LogP contribution is 2.52. The van der Waals surface area contributed by atoms with E-state index in [0.717, 1.165) is 0 Å². The molecule has 2 rings (SSSR count). The van der Waals surface area contributed by atoms with Gasteiger partial charge in [-0.2, -0.15) is 0 Å². The van der Waals surface area contributed by atoms with Crippen molar-refractivity contribution in [2.45, 2.75) is 59.8 Å². The van der Waals surface area contributed by atoms with Crippen LogP contribution in [-0.4, -0.2) is 0 Å². The lowest BCUT2D eigenvalue weighted by molar-refractivity contribution is 0.0955. The van der Waals surface area contributed by atoms with Crippen LogP contribution in [0.4, 0.5) is 0 Å². The minimum atomic E-state index is 0.412. The zero-order chi connectivity index (χ0) is 12.5. The zero-order valence-corrected chi connectivity index (χ0v) is 11.8. The quantitative estimate of drug-likeness (QED) is 0.674. The lowest BCUT2D eigenvalue weighted by atomic mass is 9.62. The molecule has 0 atom stereocenters. The van der Waals surface area contributed by atoms with Crippen LogP contribution in [0.1, 0.15) is 57.6 Å². The molecular weight excluding hydrogens is 204 g/mol. The predicted octanol–water partition coefficient (Wildman–Crippen LogP) is 5.14. The molecule has 0 spiro atoms. The van der Waals surface area contributed by atoms with Gasteiger partial charge < -0.3 is 0 Å². The van der Waals surface area contributed by atoms with Gasteiger partial charge in [0.15, 0.2) is 0 Å². The van der Waals surface area contributed by atoms with E-state index in [1.54, 1.807) is 0 Å². The van der Waals surface area contributed by atoms with Gasteiger partial charge in [-0.05, 0) is 48.1 Å². The molecule has 1 aliphatic rings. The monoisotopic (exact) mass is 230 g/mol. The van der Waals surface area contributed by atoms with Gasteiger partial charge in [0.05, 0.1) is 0 Å². The molecule has 1 aliphatic carbocycles. The third kappa shape index (κ3) is 2.41. The van der Waals surface area contributed by atoms with Crippen LogP contribution in [0, 0.1) is 17.8 Å². The van der Waals surface area contributed by atoms with Crippen molar-refractivity contribution < 1.29 is 0 Å². The van der Waals surface area contributed by atoms with Crippen LogP contribution >= 0.6 is 0 Å². The molecule has 1 fully saturated rings. The summed E-state index contributed by atoms with van der Waals surface area (Å²) in [5.41, 5.74) is 3.93. The standard InChI is InChI=1S/C17H26/c1-14-9-5-6-10-15(14)13-16(2,3)17(4)11-7-8-12-17/h5-6,9-10H,7-8,11-13H2,1-4H3. The Hall–Kier alpha value is -0.780. The fraction of sp³-hybridized carbons (Fsp3) is 0.647. The Morgan fingerprint density at radius 2 is 1.71 bits per heavy atom. The Bertz CT molecular complexity index is 381. The second-order valence-electron chi connectivity index (χ2n) is 6.75. The first-order chi connectivity index (χ1) is 7.95. The predicted molar refractivity (Wildman–Crippen MR) is 75.2 cm³/mol. The average molecular weight is 230 g/mol. The normalized spacial score (nSPS) is 19.5. The first kappa shape index (κ1) is 12.7. The molecule has 0 heteroatoms. The fourth-order valence-corrected chi connectivity index (χ4v) is 3.33. The number of rotatable bonds is 3. The zero-order valence-electron chi connectivity index (χ0n) is 11.8. The molecule has 1 saturated carbocycles. The highest BCUT2D eigenvalue weighted by molar-refractivity contribution is 5.27. The molecule has 0 amide bonds. The fourth-order valence-electron chi connectivity index (χ4n) is 3.33. The van der Waals surface area contributed by atoms with Gasteiger partial charge >= 0.3 is 0 Å². The molecule has 0 N–H and O–H groups in total. The average Bonchev–Trinajstić information content (AvgIpc) is 2.70. The van der Waals surface area contributed by atoms with Crippen LogP contribution < -0.4 is 0 Å². The van der Waals surface area contributed by atoms with Crippen LogP contribution in [0.25, 0.3) is 0 Å². The van der Waals surface area contributed by atoms with Crippen LogP contribution in [0.2, 0.25) is 0 Å². The Balaban J connectivity index is 2.20. The van der Waals surface area contributed by atoms with E-state index in [9.17, 15) is 0 Å². The molecule has 0 aromatic heterocycles. The van der Waals surface area contributed by atoms with Crippen molar-refractivity contribution in [3.05, 3.63) is 35.4 Å². The lowest BCUT2D eigenvalue weighted by Crippen LogP contribution is -2.34. The molecule has 0 nitrogen and oxygen atoms in total. The second-order valence-corrected chi connectivity index (χ2v) is 6.75. The van der Waals surface area contributed by atoms with Crippen molar-refractivity contribution in [2.75, 3.05) is 0 Å². The molecule has 94 valence electrons. The highest BCUT2D eigenvalue weighted by Gasteiger charge is 2.42. The molecule has 0 bridgehead atoms. The third-order valence-electron chi connectivity index (χ3n) is 5.23. The minimum absolute atomic E-state index is 0.412. The van der Waals surface area contributed by atoms with E-state index in [1.165, 1.54) is 43.2 Å². The van der Waals surface area contributed by atoms with E-state index in [-0.39, 0.29) is 0 Å². The molecule has 0 radical (unpaired) electrons. The van der Waals surface area contributed by atoms with Crippen LogP contribution in [-0.2, 0) is 6.42 Å². The van der Waals surface area contributed by atoms with Gasteiger partial charge in [-0.25, -0.2) is 0 Å². The van der Waals surface area contributed by atoms with Crippen molar-refractivity contribution in [1.29, 1.82) is 0 Å². The third-order valence-corrected chi connectivity index (χ3v) is 5.23. The first-order valence-corrected chi connectivity index (χ1v) is 6.99. The lowest BCUT2D eigenvalue weighted by Gasteiger charge is -2.42. The summed E-state index contributed by atoms with van der Waals surface area (Å²) >= 11 is 0. The molecular formula is C17H26. The van der Waals surface area contributed by atoms with E-state index in [1.807, 2.05) is 0 Å². The smallest absolute Gasteiger partial charge is 0.0219 e. The Kier molecular flexibility index (Phi) is 3.34. The second kappa shape index (κ2) is 4.48. The number of aryl methyl sites for hydroxylation is 1. The molecule has 1 aromatic carbocycles. The molecule has 0 aliphatic heterocycles. The largest absolute Gasteiger partial charge is 0.0620 e. The maximum Gasteiger partial charge on any atom is -0.0219 e. The van der Waals surface area contributed by atoms with Crippen LogP contribution in [0.15, 0.2) is 24.3 Å². The highest BCUT2D eigenvalue weighted by atomic mass is 14.5. The van der Waals surface area contributed by atoms with E-state index in [0.29, 0.717) is 10.8 Å². The SMILES string of the molecule is Cc1ccccc1CC(C)(C)C1(C)CCCC1. The van der Waals surface area contributed by atoms with Crippen molar-refractivity contribution in [3.63, 3.8) is 0 Å². The summed E-state index contributed by atoms with van der Waals surface area (Å²) in [5, 5.41) is 0. The molecule has 0 heterocycles. The summed E-state index contributed by atoms with van der Waals surface area (Å²) in [5.74, 6) is 0. The van der Waals surface area contributed by atoms with Crippen LogP contribution in [0.5, 0.6) is 0 Å². The summed E-state index contributed by atoms with van der Waals surface area (Å²) in [7, 11) is 0. The van der Waals surface area contributed by atoms with Gasteiger partial charge in [-0.3, -0.25) is 0 Å². The van der Waals surface area contributed by atoms with Gasteiger partial charge in [0.1, 0.15) is 0 Å². The van der Waals surface area contributed by atoms with Crippen molar-refractivity contribution in [2.24, 2.45) is 10.8 Å². The van der Waals surface area contributed by atoms with E-state index in [2.05, 4.69) is 52.0 Å². The van der Waals surface area contributed by atoms with E-state index >= 15 is 0 Å². The summed E-state index contributed by atoms with van der Waals surface area (Å²) in [4.78, 5) is 0. The Morgan fingerprint density at radius 1 is 1.12 bits per heavy atom. The van der Waals surface area contributed by atoms with Gasteiger partial charge in [0.2, 0.25) is 0 Å². The maximum absolute atomic E-state index is 2.50. The van der Waals surface area contributed by atoms with Gasteiger partial charge in [-0.1, -0.05) is 57.9 Å². The van der Waals surface area contributed by atoms with Gasteiger partial charge in [0, 0.05) is 0 Å². The first-order valence-electron chi connectivity index (χ1n) is 6.99. The van der Waals surface area contributed by atoms with Gasteiger partial charge in [-0.15, -0.1) is 0 Å². The van der Waals surface area contributed by atoms with Crippen molar-refractivity contribution in [1.82, 2.24) is 0 Å². The Labute approximate surface area is 106 Å². The molecule has 1 aromatic rings.